The molecule has 1 aromatic carbocycles. The van der Waals surface area contributed by atoms with Gasteiger partial charge < -0.3 is 19.2 Å². The Balaban J connectivity index is 1.28. The van der Waals surface area contributed by atoms with Crippen molar-refractivity contribution >= 4 is 0 Å². The molecule has 5 heteroatoms. The van der Waals surface area contributed by atoms with Crippen molar-refractivity contribution in [3.8, 4) is 11.5 Å². The van der Waals surface area contributed by atoms with Gasteiger partial charge in [0.05, 0.1) is 19.9 Å². The molecule has 0 spiro atoms. The van der Waals surface area contributed by atoms with E-state index in [2.05, 4.69) is 22.3 Å². The second kappa shape index (κ2) is 7.50. The molecule has 2 aliphatic rings. The van der Waals surface area contributed by atoms with Gasteiger partial charge in [-0.25, -0.2) is 0 Å². The second-order valence-electron chi connectivity index (χ2n) is 6.96. The number of rotatable bonds is 5. The van der Waals surface area contributed by atoms with Gasteiger partial charge in [-0.3, -0.25) is 4.90 Å². The highest BCUT2D eigenvalue weighted by Crippen LogP contribution is 2.34. The van der Waals surface area contributed by atoms with E-state index < -0.39 is 0 Å². The molecule has 2 aliphatic heterocycles. The third kappa shape index (κ3) is 3.83. The Morgan fingerprint density at radius 3 is 2.80 bits per heavy atom. The monoisotopic (exact) mass is 342 g/mol. The average Bonchev–Trinajstić information content (AvgIpc) is 3.15. The van der Waals surface area contributed by atoms with Crippen LogP contribution in [0.2, 0.25) is 0 Å². The SMILES string of the molecule is COc1cccc2c1OC[C@H](NC1CCN(Cc3ccco3)CC1)C2. The highest BCUT2D eigenvalue weighted by Gasteiger charge is 2.26. The molecule has 0 aliphatic carbocycles. The zero-order valence-electron chi connectivity index (χ0n) is 14.7. The third-order valence-corrected chi connectivity index (χ3v) is 5.19. The smallest absolute Gasteiger partial charge is 0.164 e. The van der Waals surface area contributed by atoms with Crippen LogP contribution in [0.1, 0.15) is 24.2 Å². The van der Waals surface area contributed by atoms with Crippen LogP contribution in [-0.2, 0) is 13.0 Å². The number of nitrogens with zero attached hydrogens (tertiary/aromatic N) is 1. The number of benzene rings is 1. The predicted molar refractivity (Wildman–Crippen MR) is 96.1 cm³/mol. The van der Waals surface area contributed by atoms with Crippen LogP contribution in [0.4, 0.5) is 0 Å². The topological polar surface area (TPSA) is 46.9 Å². The van der Waals surface area contributed by atoms with Gasteiger partial charge in [-0.1, -0.05) is 12.1 Å². The van der Waals surface area contributed by atoms with Crippen LogP contribution < -0.4 is 14.8 Å². The van der Waals surface area contributed by atoms with Crippen molar-refractivity contribution in [1.29, 1.82) is 0 Å². The molecule has 1 aromatic heterocycles. The molecule has 0 saturated carbocycles. The molecule has 2 aromatic rings. The number of ether oxygens (including phenoxy) is 2. The number of fused-ring (bicyclic) bond motifs is 1. The molecule has 4 rings (SSSR count). The van der Waals surface area contributed by atoms with E-state index >= 15 is 0 Å². The fourth-order valence-corrected chi connectivity index (χ4v) is 3.88. The summed E-state index contributed by atoms with van der Waals surface area (Å²) < 4.78 is 16.8. The number of para-hydroxylation sites is 1. The molecule has 3 heterocycles. The maximum atomic E-state index is 5.98. The highest BCUT2D eigenvalue weighted by atomic mass is 16.5. The van der Waals surface area contributed by atoms with Crippen LogP contribution in [0, 0.1) is 0 Å². The highest BCUT2D eigenvalue weighted by molar-refractivity contribution is 5.48. The van der Waals surface area contributed by atoms with Gasteiger partial charge in [0.25, 0.3) is 0 Å². The Morgan fingerprint density at radius 1 is 1.16 bits per heavy atom. The summed E-state index contributed by atoms with van der Waals surface area (Å²) in [6.07, 6.45) is 5.09. The molecule has 1 fully saturated rings. The largest absolute Gasteiger partial charge is 0.493 e. The van der Waals surface area contributed by atoms with E-state index in [4.69, 9.17) is 13.9 Å². The van der Waals surface area contributed by atoms with E-state index in [1.54, 1.807) is 13.4 Å². The summed E-state index contributed by atoms with van der Waals surface area (Å²) in [5, 5.41) is 3.80. The van der Waals surface area contributed by atoms with Crippen molar-refractivity contribution in [2.45, 2.75) is 37.9 Å². The number of hydrogen-bond donors (Lipinski definition) is 1. The third-order valence-electron chi connectivity index (χ3n) is 5.19. The molecule has 25 heavy (non-hydrogen) atoms. The van der Waals surface area contributed by atoms with Crippen molar-refractivity contribution in [2.75, 3.05) is 26.8 Å². The minimum atomic E-state index is 0.376. The Bertz CT molecular complexity index is 678. The fraction of sp³-hybridized carbons (Fsp3) is 0.500. The molecule has 134 valence electrons. The first kappa shape index (κ1) is 16.5. The first-order valence-corrected chi connectivity index (χ1v) is 9.11. The zero-order valence-corrected chi connectivity index (χ0v) is 14.7. The van der Waals surface area contributed by atoms with Gasteiger partial charge in [-0.15, -0.1) is 0 Å². The quantitative estimate of drug-likeness (QED) is 0.905. The lowest BCUT2D eigenvalue weighted by molar-refractivity contribution is 0.156. The van der Waals surface area contributed by atoms with E-state index in [0.29, 0.717) is 18.7 Å². The minimum Gasteiger partial charge on any atom is -0.493 e. The van der Waals surface area contributed by atoms with Gasteiger partial charge in [0.2, 0.25) is 0 Å². The first-order valence-electron chi connectivity index (χ1n) is 9.11. The van der Waals surface area contributed by atoms with Crippen LogP contribution in [0.3, 0.4) is 0 Å². The summed E-state index contributed by atoms with van der Waals surface area (Å²) in [6.45, 7) is 3.84. The molecule has 0 bridgehead atoms. The van der Waals surface area contributed by atoms with Crippen LogP contribution >= 0.6 is 0 Å². The lowest BCUT2D eigenvalue weighted by Crippen LogP contribution is -2.49. The van der Waals surface area contributed by atoms with Crippen molar-refractivity contribution in [2.24, 2.45) is 0 Å². The Kier molecular flexibility index (Phi) is 4.95. The van der Waals surface area contributed by atoms with E-state index in [1.165, 1.54) is 18.4 Å². The molecule has 0 amide bonds. The van der Waals surface area contributed by atoms with Gasteiger partial charge in [0.15, 0.2) is 11.5 Å². The van der Waals surface area contributed by atoms with Gasteiger partial charge >= 0.3 is 0 Å². The van der Waals surface area contributed by atoms with Crippen LogP contribution in [0.15, 0.2) is 41.0 Å². The molecule has 0 unspecified atom stereocenters. The lowest BCUT2D eigenvalue weighted by Gasteiger charge is -2.35. The van der Waals surface area contributed by atoms with Gasteiger partial charge in [-0.2, -0.15) is 0 Å². The van der Waals surface area contributed by atoms with Gasteiger partial charge in [0.1, 0.15) is 12.4 Å². The summed E-state index contributed by atoms with van der Waals surface area (Å²) in [5.41, 5.74) is 1.23. The summed E-state index contributed by atoms with van der Waals surface area (Å²) in [4.78, 5) is 2.47. The number of likely N-dealkylation sites (tertiary alicyclic amines) is 1. The lowest BCUT2D eigenvalue weighted by atomic mass is 9.98. The number of piperidine rings is 1. The molecule has 1 atom stereocenters. The van der Waals surface area contributed by atoms with Gasteiger partial charge in [0, 0.05) is 25.2 Å². The standard InChI is InChI=1S/C20H26N2O3/c1-23-19-6-2-4-15-12-17(14-25-20(15)19)21-16-7-9-22(10-8-16)13-18-5-3-11-24-18/h2-6,11,16-17,21H,7-10,12-14H2,1H3/t17-/m1/s1. The van der Waals surface area contributed by atoms with Crippen LogP contribution in [0.5, 0.6) is 11.5 Å². The van der Waals surface area contributed by atoms with Crippen molar-refractivity contribution in [3.05, 3.63) is 47.9 Å². The Labute approximate surface area is 148 Å². The minimum absolute atomic E-state index is 0.376. The van der Waals surface area contributed by atoms with Crippen LogP contribution in [0.25, 0.3) is 0 Å². The van der Waals surface area contributed by atoms with Crippen LogP contribution in [-0.4, -0.2) is 43.8 Å². The molecular weight excluding hydrogens is 316 g/mol. The number of furan rings is 1. The fourth-order valence-electron chi connectivity index (χ4n) is 3.88. The van der Waals surface area contributed by atoms with E-state index in [1.807, 2.05) is 18.2 Å². The van der Waals surface area contributed by atoms with E-state index in [0.717, 1.165) is 43.3 Å². The number of hydrogen-bond acceptors (Lipinski definition) is 5. The molecule has 1 saturated heterocycles. The van der Waals surface area contributed by atoms with Crippen molar-refractivity contribution in [3.63, 3.8) is 0 Å². The number of methoxy groups -OCH3 is 1. The number of nitrogens with one attached hydrogen (secondary N) is 1. The summed E-state index contributed by atoms with van der Waals surface area (Å²) in [7, 11) is 1.69. The second-order valence-corrected chi connectivity index (χ2v) is 6.96. The maximum Gasteiger partial charge on any atom is 0.164 e. The van der Waals surface area contributed by atoms with E-state index in [9.17, 15) is 0 Å². The summed E-state index contributed by atoms with van der Waals surface area (Å²) in [6, 6.07) is 11.1. The van der Waals surface area contributed by atoms with Gasteiger partial charge in [-0.05, 0) is 43.0 Å². The molecule has 0 radical (unpaired) electrons. The Hall–Kier alpha value is -1.98. The molecule has 1 N–H and O–H groups in total. The average molecular weight is 342 g/mol. The molecular formula is C20H26N2O3. The molecule has 5 nitrogen and oxygen atoms in total. The first-order chi connectivity index (χ1) is 12.3. The van der Waals surface area contributed by atoms with Crippen molar-refractivity contribution in [1.82, 2.24) is 10.2 Å². The normalized spacial score (nSPS) is 21.6. The summed E-state index contributed by atoms with van der Waals surface area (Å²) in [5.74, 6) is 2.80. The predicted octanol–water partition coefficient (Wildman–Crippen LogP) is 2.85. The van der Waals surface area contributed by atoms with E-state index in [-0.39, 0.29) is 0 Å². The zero-order chi connectivity index (χ0) is 17.1. The summed E-state index contributed by atoms with van der Waals surface area (Å²) >= 11 is 0. The Morgan fingerprint density at radius 2 is 2.04 bits per heavy atom. The van der Waals surface area contributed by atoms with Crippen molar-refractivity contribution < 1.29 is 13.9 Å². The maximum absolute atomic E-state index is 5.98.